The van der Waals surface area contributed by atoms with Crippen LogP contribution in [-0.2, 0) is 11.3 Å². The highest BCUT2D eigenvalue weighted by atomic mass is 32.1. The molecule has 1 aliphatic heterocycles. The second-order valence-corrected chi connectivity index (χ2v) is 9.04. The van der Waals surface area contributed by atoms with E-state index in [1.807, 2.05) is 49.6 Å². The predicted molar refractivity (Wildman–Crippen MR) is 115 cm³/mol. The van der Waals surface area contributed by atoms with Gasteiger partial charge in [-0.25, -0.2) is 4.39 Å². The van der Waals surface area contributed by atoms with Crippen molar-refractivity contribution in [2.24, 2.45) is 5.41 Å². The van der Waals surface area contributed by atoms with Gasteiger partial charge in [0.15, 0.2) is 5.78 Å². The molecule has 0 N–H and O–H groups in total. The lowest BCUT2D eigenvalue weighted by Gasteiger charge is -2.44. The maximum absolute atomic E-state index is 14.9. The molecule has 0 radical (unpaired) electrons. The zero-order valence-corrected chi connectivity index (χ0v) is 17.3. The summed E-state index contributed by atoms with van der Waals surface area (Å²) in [7, 11) is 0. The van der Waals surface area contributed by atoms with E-state index in [0.29, 0.717) is 24.2 Å². The number of ketones is 1. The molecular weight excluding hydrogens is 383 g/mol. The molecule has 1 fully saturated rings. The number of piperidine rings is 1. The number of rotatable bonds is 4. The number of halogens is 1. The van der Waals surface area contributed by atoms with Gasteiger partial charge in [-0.1, -0.05) is 44.2 Å². The number of Topliss-reactive ketones (excluding diaryl/α,β-unsaturated/α-hetero) is 1. The van der Waals surface area contributed by atoms with Gasteiger partial charge in [0.1, 0.15) is 5.82 Å². The lowest BCUT2D eigenvalue weighted by Crippen LogP contribution is -2.49. The number of pyridine rings is 1. The van der Waals surface area contributed by atoms with Crippen LogP contribution < -0.4 is 0 Å². The monoisotopic (exact) mass is 406 g/mol. The molecule has 1 atom stereocenters. The summed E-state index contributed by atoms with van der Waals surface area (Å²) in [6.45, 7) is 5.15. The second-order valence-electron chi connectivity index (χ2n) is 8.01. The number of hydrogen-bond acceptors (Lipinski definition) is 4. The van der Waals surface area contributed by atoms with Crippen molar-refractivity contribution in [3.63, 3.8) is 0 Å². The predicted octanol–water partition coefficient (Wildman–Crippen LogP) is 5.52. The van der Waals surface area contributed by atoms with E-state index in [1.54, 1.807) is 35.9 Å². The molecule has 1 aliphatic rings. The highest BCUT2D eigenvalue weighted by Crippen LogP contribution is 2.43. The standard InChI is InChI=1S/C24H23FN2OS/c1-24(2)16-27(15-18-8-6-12-29-18)22(19-9-3-4-10-21(19)25)20(23(24)28)13-17-7-5-11-26-14-17/h3-14,22H,15-16H2,1-2H3/b20-13+. The highest BCUT2D eigenvalue weighted by Gasteiger charge is 2.44. The van der Waals surface area contributed by atoms with Gasteiger partial charge in [-0.3, -0.25) is 14.7 Å². The molecule has 1 saturated heterocycles. The van der Waals surface area contributed by atoms with Crippen molar-refractivity contribution in [1.29, 1.82) is 0 Å². The molecule has 0 spiro atoms. The van der Waals surface area contributed by atoms with Crippen molar-refractivity contribution in [3.8, 4) is 0 Å². The smallest absolute Gasteiger partial charge is 0.167 e. The molecule has 5 heteroatoms. The molecule has 29 heavy (non-hydrogen) atoms. The molecule has 1 unspecified atom stereocenters. The summed E-state index contributed by atoms with van der Waals surface area (Å²) >= 11 is 1.67. The maximum atomic E-state index is 14.9. The Balaban J connectivity index is 1.87. The molecule has 148 valence electrons. The Labute approximate surface area is 174 Å². The van der Waals surface area contributed by atoms with Gasteiger partial charge in [-0.2, -0.15) is 0 Å². The Bertz CT molecular complexity index is 1030. The first-order valence-electron chi connectivity index (χ1n) is 9.63. The summed E-state index contributed by atoms with van der Waals surface area (Å²) in [6.07, 6.45) is 5.30. The van der Waals surface area contributed by atoms with Gasteiger partial charge >= 0.3 is 0 Å². The van der Waals surface area contributed by atoms with Crippen molar-refractivity contribution < 1.29 is 9.18 Å². The number of carbonyl (C=O) groups is 1. The average Bonchev–Trinajstić information content (AvgIpc) is 3.21. The molecule has 0 aliphatic carbocycles. The number of aromatic nitrogens is 1. The molecular formula is C24H23FN2OS. The summed E-state index contributed by atoms with van der Waals surface area (Å²) < 4.78 is 14.9. The highest BCUT2D eigenvalue weighted by molar-refractivity contribution is 7.09. The minimum atomic E-state index is -0.562. The van der Waals surface area contributed by atoms with E-state index in [4.69, 9.17) is 0 Å². The van der Waals surface area contributed by atoms with E-state index >= 15 is 0 Å². The number of benzene rings is 1. The number of carbonyl (C=O) groups excluding carboxylic acids is 1. The minimum Gasteiger partial charge on any atom is -0.294 e. The van der Waals surface area contributed by atoms with E-state index in [-0.39, 0.29) is 11.6 Å². The van der Waals surface area contributed by atoms with Crippen LogP contribution in [0.4, 0.5) is 4.39 Å². The van der Waals surface area contributed by atoms with Gasteiger partial charge in [-0.15, -0.1) is 11.3 Å². The lowest BCUT2D eigenvalue weighted by atomic mass is 9.74. The van der Waals surface area contributed by atoms with E-state index < -0.39 is 11.5 Å². The zero-order valence-electron chi connectivity index (χ0n) is 16.5. The van der Waals surface area contributed by atoms with E-state index in [9.17, 15) is 9.18 Å². The fourth-order valence-electron chi connectivity index (χ4n) is 3.98. The normalized spacial score (nSPS) is 20.9. The molecule has 0 bridgehead atoms. The van der Waals surface area contributed by atoms with Crippen LogP contribution in [0.1, 0.15) is 35.9 Å². The van der Waals surface area contributed by atoms with Crippen molar-refractivity contribution in [3.05, 3.63) is 93.7 Å². The molecule has 2 aromatic heterocycles. The molecule has 3 aromatic rings. The fourth-order valence-corrected chi connectivity index (χ4v) is 4.71. The Kier molecular flexibility index (Phi) is 5.43. The number of nitrogens with zero attached hydrogens (tertiary/aromatic N) is 2. The third kappa shape index (κ3) is 4.07. The quantitative estimate of drug-likeness (QED) is 0.535. The van der Waals surface area contributed by atoms with Gasteiger partial charge in [0.25, 0.3) is 0 Å². The van der Waals surface area contributed by atoms with Crippen LogP contribution in [0, 0.1) is 11.2 Å². The Morgan fingerprint density at radius 2 is 2.03 bits per heavy atom. The summed E-state index contributed by atoms with van der Waals surface area (Å²) in [5.74, 6) is -0.240. The summed E-state index contributed by atoms with van der Waals surface area (Å²) in [5.41, 5.74) is 1.41. The van der Waals surface area contributed by atoms with Gasteiger partial charge in [0, 0.05) is 46.9 Å². The van der Waals surface area contributed by atoms with Crippen molar-refractivity contribution in [2.75, 3.05) is 6.54 Å². The SMILES string of the molecule is CC1(C)CN(Cc2cccs2)C(c2ccccc2F)/C(=C\c2cccnc2)C1=O. The largest absolute Gasteiger partial charge is 0.294 e. The first-order chi connectivity index (χ1) is 14.0. The molecule has 3 heterocycles. The summed E-state index contributed by atoms with van der Waals surface area (Å²) in [6, 6.07) is 14.2. The first-order valence-corrected chi connectivity index (χ1v) is 10.5. The van der Waals surface area contributed by atoms with Gasteiger partial charge in [-0.05, 0) is 35.2 Å². The fraction of sp³-hybridized carbons (Fsp3) is 0.250. The van der Waals surface area contributed by atoms with Crippen LogP contribution in [-0.4, -0.2) is 22.2 Å². The number of thiophene rings is 1. The van der Waals surface area contributed by atoms with Crippen LogP contribution in [0.15, 0.2) is 71.9 Å². The van der Waals surface area contributed by atoms with E-state index in [0.717, 1.165) is 5.56 Å². The average molecular weight is 407 g/mol. The Morgan fingerprint density at radius 1 is 1.21 bits per heavy atom. The third-order valence-corrected chi connectivity index (χ3v) is 6.14. The summed E-state index contributed by atoms with van der Waals surface area (Å²) in [5, 5.41) is 2.04. The maximum Gasteiger partial charge on any atom is 0.167 e. The van der Waals surface area contributed by atoms with E-state index in [1.165, 1.54) is 10.9 Å². The van der Waals surface area contributed by atoms with Crippen LogP contribution in [0.2, 0.25) is 0 Å². The van der Waals surface area contributed by atoms with Gasteiger partial charge < -0.3 is 0 Å². The Morgan fingerprint density at radius 3 is 2.72 bits per heavy atom. The van der Waals surface area contributed by atoms with Crippen molar-refractivity contribution >= 4 is 23.2 Å². The molecule has 0 saturated carbocycles. The molecule has 1 aromatic carbocycles. The van der Waals surface area contributed by atoms with Gasteiger partial charge in [0.05, 0.1) is 6.04 Å². The summed E-state index contributed by atoms with van der Waals surface area (Å²) in [4.78, 5) is 21.0. The van der Waals surface area contributed by atoms with E-state index in [2.05, 4.69) is 16.0 Å². The third-order valence-electron chi connectivity index (χ3n) is 5.28. The topological polar surface area (TPSA) is 33.2 Å². The van der Waals surface area contributed by atoms with Crippen LogP contribution in [0.5, 0.6) is 0 Å². The van der Waals surface area contributed by atoms with Crippen LogP contribution in [0.3, 0.4) is 0 Å². The molecule has 0 amide bonds. The van der Waals surface area contributed by atoms with Crippen LogP contribution >= 0.6 is 11.3 Å². The van der Waals surface area contributed by atoms with Crippen molar-refractivity contribution in [2.45, 2.75) is 26.4 Å². The first kappa shape index (κ1) is 19.7. The number of hydrogen-bond donors (Lipinski definition) is 0. The second kappa shape index (κ2) is 8.01. The van der Waals surface area contributed by atoms with Crippen molar-refractivity contribution in [1.82, 2.24) is 9.88 Å². The van der Waals surface area contributed by atoms with Gasteiger partial charge in [0.2, 0.25) is 0 Å². The minimum absolute atomic E-state index is 0.0528. The zero-order chi connectivity index (χ0) is 20.4. The Hall–Kier alpha value is -2.63. The number of likely N-dealkylation sites (tertiary alicyclic amines) is 1. The lowest BCUT2D eigenvalue weighted by molar-refractivity contribution is -0.128. The molecule has 3 nitrogen and oxygen atoms in total. The van der Waals surface area contributed by atoms with Crippen LogP contribution in [0.25, 0.3) is 6.08 Å². The molecule has 4 rings (SSSR count).